The maximum absolute atomic E-state index is 6.14. The Morgan fingerprint density at radius 1 is 1.39 bits per heavy atom. The molecule has 0 bridgehead atoms. The Morgan fingerprint density at radius 3 is 2.72 bits per heavy atom. The van der Waals surface area contributed by atoms with Crippen LogP contribution in [0.1, 0.15) is 46.0 Å². The van der Waals surface area contributed by atoms with E-state index >= 15 is 0 Å². The lowest BCUT2D eigenvalue weighted by molar-refractivity contribution is 0.252. The van der Waals surface area contributed by atoms with Crippen LogP contribution in [0.4, 0.5) is 5.82 Å². The van der Waals surface area contributed by atoms with E-state index in [9.17, 15) is 0 Å². The molecule has 0 saturated heterocycles. The van der Waals surface area contributed by atoms with Crippen LogP contribution >= 0.6 is 11.6 Å². The van der Waals surface area contributed by atoms with Crippen LogP contribution in [-0.4, -0.2) is 11.5 Å². The van der Waals surface area contributed by atoms with Crippen molar-refractivity contribution in [1.82, 2.24) is 4.98 Å². The summed E-state index contributed by atoms with van der Waals surface area (Å²) >= 11 is 6.14. The van der Waals surface area contributed by atoms with Gasteiger partial charge in [0.1, 0.15) is 5.82 Å². The fourth-order valence-corrected chi connectivity index (χ4v) is 3.42. The first-order valence-electron chi connectivity index (χ1n) is 6.96. The van der Waals surface area contributed by atoms with Gasteiger partial charge in [-0.2, -0.15) is 0 Å². The summed E-state index contributed by atoms with van der Waals surface area (Å²) in [5, 5.41) is 4.18. The number of aromatic nitrogens is 1. The maximum atomic E-state index is 6.14. The van der Waals surface area contributed by atoms with Crippen molar-refractivity contribution in [2.75, 3.05) is 11.9 Å². The van der Waals surface area contributed by atoms with E-state index in [1.807, 2.05) is 12.1 Å². The molecule has 0 aliphatic heterocycles. The van der Waals surface area contributed by atoms with E-state index in [4.69, 9.17) is 11.6 Å². The van der Waals surface area contributed by atoms with Crippen molar-refractivity contribution >= 4 is 17.4 Å². The fraction of sp³-hybridized carbons (Fsp3) is 0.667. The molecule has 0 spiro atoms. The van der Waals surface area contributed by atoms with Crippen LogP contribution in [0.25, 0.3) is 0 Å². The highest BCUT2D eigenvalue weighted by molar-refractivity contribution is 6.32. The minimum Gasteiger partial charge on any atom is -0.368 e. The topological polar surface area (TPSA) is 24.9 Å². The summed E-state index contributed by atoms with van der Waals surface area (Å²) in [7, 11) is 0. The number of pyridine rings is 1. The molecule has 2 rings (SSSR count). The third-order valence-electron chi connectivity index (χ3n) is 3.89. The standard InChI is InChI=1S/C15H23ClN2/c1-12(2)10-15(7-3-4-8-15)11-18-14-13(16)6-5-9-17-14/h5-6,9,12H,3-4,7-8,10-11H2,1-2H3,(H,17,18). The Hall–Kier alpha value is -0.760. The predicted octanol–water partition coefficient (Wildman–Crippen LogP) is 4.75. The van der Waals surface area contributed by atoms with Crippen LogP contribution in [-0.2, 0) is 0 Å². The molecule has 1 saturated carbocycles. The van der Waals surface area contributed by atoms with Gasteiger partial charge in [0.2, 0.25) is 0 Å². The lowest BCUT2D eigenvalue weighted by Gasteiger charge is -2.31. The first-order valence-corrected chi connectivity index (χ1v) is 7.33. The van der Waals surface area contributed by atoms with Crippen LogP contribution in [0, 0.1) is 11.3 Å². The largest absolute Gasteiger partial charge is 0.368 e. The average molecular weight is 267 g/mol. The Kier molecular flexibility index (Phi) is 4.50. The molecular weight excluding hydrogens is 244 g/mol. The zero-order valence-corrected chi connectivity index (χ0v) is 12.1. The van der Waals surface area contributed by atoms with Crippen LogP contribution in [0.5, 0.6) is 0 Å². The lowest BCUT2D eigenvalue weighted by Crippen LogP contribution is -2.28. The highest BCUT2D eigenvalue weighted by atomic mass is 35.5. The van der Waals surface area contributed by atoms with Crippen LogP contribution in [0.2, 0.25) is 5.02 Å². The van der Waals surface area contributed by atoms with Crippen molar-refractivity contribution in [3.05, 3.63) is 23.4 Å². The number of hydrogen-bond acceptors (Lipinski definition) is 2. The van der Waals surface area contributed by atoms with Gasteiger partial charge < -0.3 is 5.32 Å². The van der Waals surface area contributed by atoms with E-state index in [0.29, 0.717) is 5.41 Å². The number of hydrogen-bond donors (Lipinski definition) is 1. The molecule has 1 heterocycles. The summed E-state index contributed by atoms with van der Waals surface area (Å²) in [6.45, 7) is 5.63. The Morgan fingerprint density at radius 2 is 2.11 bits per heavy atom. The molecule has 1 aliphatic rings. The van der Waals surface area contributed by atoms with E-state index in [-0.39, 0.29) is 0 Å². The SMILES string of the molecule is CC(C)CC1(CNc2ncccc2Cl)CCCC1. The highest BCUT2D eigenvalue weighted by Gasteiger charge is 2.34. The molecule has 2 nitrogen and oxygen atoms in total. The zero-order chi connectivity index (χ0) is 13.0. The first kappa shape index (κ1) is 13.7. The number of rotatable bonds is 5. The van der Waals surface area contributed by atoms with E-state index < -0.39 is 0 Å². The lowest BCUT2D eigenvalue weighted by atomic mass is 9.78. The molecule has 1 aliphatic carbocycles. The zero-order valence-electron chi connectivity index (χ0n) is 11.4. The third kappa shape index (κ3) is 3.38. The minimum atomic E-state index is 0.453. The van der Waals surface area contributed by atoms with E-state index in [0.717, 1.165) is 23.3 Å². The number of nitrogens with one attached hydrogen (secondary N) is 1. The molecule has 0 aromatic carbocycles. The van der Waals surface area contributed by atoms with Crippen molar-refractivity contribution in [2.24, 2.45) is 11.3 Å². The summed E-state index contributed by atoms with van der Waals surface area (Å²) < 4.78 is 0. The van der Waals surface area contributed by atoms with Crippen molar-refractivity contribution < 1.29 is 0 Å². The van der Waals surface area contributed by atoms with Crippen LogP contribution < -0.4 is 5.32 Å². The number of nitrogens with zero attached hydrogens (tertiary/aromatic N) is 1. The van der Waals surface area contributed by atoms with Gasteiger partial charge in [0, 0.05) is 12.7 Å². The third-order valence-corrected chi connectivity index (χ3v) is 4.20. The number of anilines is 1. The van der Waals surface area contributed by atoms with Gasteiger partial charge >= 0.3 is 0 Å². The second-order valence-electron chi connectivity index (χ2n) is 5.99. The van der Waals surface area contributed by atoms with E-state index in [2.05, 4.69) is 24.1 Å². The average Bonchev–Trinajstić information content (AvgIpc) is 2.76. The van der Waals surface area contributed by atoms with Crippen LogP contribution in [0.3, 0.4) is 0 Å². The summed E-state index contributed by atoms with van der Waals surface area (Å²) in [6.07, 6.45) is 8.49. The quantitative estimate of drug-likeness (QED) is 0.832. The first-order chi connectivity index (χ1) is 8.61. The van der Waals surface area contributed by atoms with Gasteiger partial charge in [0.15, 0.2) is 0 Å². The Labute approximate surface area is 115 Å². The van der Waals surface area contributed by atoms with Crippen molar-refractivity contribution in [1.29, 1.82) is 0 Å². The van der Waals surface area contributed by atoms with E-state index in [1.54, 1.807) is 6.20 Å². The van der Waals surface area contributed by atoms with Crippen molar-refractivity contribution in [3.63, 3.8) is 0 Å². The molecule has 1 fully saturated rings. The second-order valence-corrected chi connectivity index (χ2v) is 6.40. The smallest absolute Gasteiger partial charge is 0.144 e. The maximum Gasteiger partial charge on any atom is 0.144 e. The van der Waals surface area contributed by atoms with Crippen LogP contribution in [0.15, 0.2) is 18.3 Å². The van der Waals surface area contributed by atoms with E-state index in [1.165, 1.54) is 32.1 Å². The molecule has 100 valence electrons. The van der Waals surface area contributed by atoms with Gasteiger partial charge in [0.25, 0.3) is 0 Å². The molecule has 3 heteroatoms. The van der Waals surface area contributed by atoms with Crippen molar-refractivity contribution in [3.8, 4) is 0 Å². The minimum absolute atomic E-state index is 0.453. The normalized spacial score (nSPS) is 18.2. The summed E-state index contributed by atoms with van der Waals surface area (Å²) in [6, 6.07) is 3.76. The summed E-state index contributed by atoms with van der Waals surface area (Å²) in [4.78, 5) is 4.31. The number of halogens is 1. The molecule has 18 heavy (non-hydrogen) atoms. The van der Waals surface area contributed by atoms with Gasteiger partial charge in [-0.05, 0) is 42.7 Å². The monoisotopic (exact) mass is 266 g/mol. The highest BCUT2D eigenvalue weighted by Crippen LogP contribution is 2.43. The molecular formula is C15H23ClN2. The van der Waals surface area contributed by atoms with Gasteiger partial charge in [0.05, 0.1) is 5.02 Å². The second kappa shape index (κ2) is 5.92. The Bertz CT molecular complexity index is 384. The molecule has 0 atom stereocenters. The van der Waals surface area contributed by atoms with Gasteiger partial charge in [-0.1, -0.05) is 38.3 Å². The van der Waals surface area contributed by atoms with Gasteiger partial charge in [-0.3, -0.25) is 0 Å². The molecule has 0 unspecified atom stereocenters. The summed E-state index contributed by atoms with van der Waals surface area (Å²) in [5.74, 6) is 1.58. The fourth-order valence-electron chi connectivity index (χ4n) is 3.23. The molecule has 1 aromatic rings. The Balaban J connectivity index is 2.00. The molecule has 0 radical (unpaired) electrons. The van der Waals surface area contributed by atoms with Gasteiger partial charge in [-0.25, -0.2) is 4.98 Å². The molecule has 0 amide bonds. The van der Waals surface area contributed by atoms with Crippen molar-refractivity contribution in [2.45, 2.75) is 46.0 Å². The molecule has 1 aromatic heterocycles. The molecule has 1 N–H and O–H groups in total. The summed E-state index contributed by atoms with van der Waals surface area (Å²) in [5.41, 5.74) is 0.453. The predicted molar refractivity (Wildman–Crippen MR) is 78.1 cm³/mol. The van der Waals surface area contributed by atoms with Gasteiger partial charge in [-0.15, -0.1) is 0 Å².